The Hall–Kier alpha value is -3.02. The van der Waals surface area contributed by atoms with E-state index in [2.05, 4.69) is 6.07 Å². The first kappa shape index (κ1) is 34.3. The van der Waals surface area contributed by atoms with Gasteiger partial charge in [0.1, 0.15) is 18.2 Å². The molecule has 0 saturated carbocycles. The molecule has 246 valence electrons. The second-order valence-electron chi connectivity index (χ2n) is 11.5. The molecule has 5 rings (SSSR count). The van der Waals surface area contributed by atoms with Crippen LogP contribution in [0.2, 0.25) is 5.02 Å². The van der Waals surface area contributed by atoms with Crippen LogP contribution in [0.3, 0.4) is 0 Å². The van der Waals surface area contributed by atoms with Gasteiger partial charge in [0.2, 0.25) is 0 Å². The predicted molar refractivity (Wildman–Crippen MR) is 176 cm³/mol. The summed E-state index contributed by atoms with van der Waals surface area (Å²) in [4.78, 5) is 7.00. The minimum atomic E-state index is -0.751. The van der Waals surface area contributed by atoms with Gasteiger partial charge in [-0.3, -0.25) is 4.57 Å². The Kier molecular flexibility index (Phi) is 12.1. The van der Waals surface area contributed by atoms with Gasteiger partial charge >= 0.3 is 0 Å². The predicted octanol–water partition coefficient (Wildman–Crippen LogP) is 7.99. The molecule has 0 N–H and O–H groups in total. The Morgan fingerprint density at radius 3 is 2.43 bits per heavy atom. The fourth-order valence-corrected chi connectivity index (χ4v) is 6.65. The molecule has 1 unspecified atom stereocenters. The molecule has 1 aromatic heterocycles. The zero-order chi connectivity index (χ0) is 32.6. The molecule has 6 nitrogen and oxygen atoms in total. The van der Waals surface area contributed by atoms with Crippen molar-refractivity contribution in [2.75, 3.05) is 53.7 Å². The van der Waals surface area contributed by atoms with E-state index >= 15 is 4.39 Å². The highest BCUT2D eigenvalue weighted by molar-refractivity contribution is 7.98. The van der Waals surface area contributed by atoms with Crippen molar-refractivity contribution >= 4 is 23.4 Å². The Morgan fingerprint density at radius 1 is 0.957 bits per heavy atom. The number of hydrogen-bond acceptors (Lipinski definition) is 6. The fourth-order valence-electron chi connectivity index (χ4n) is 5.49. The second-order valence-corrected chi connectivity index (χ2v) is 12.8. The summed E-state index contributed by atoms with van der Waals surface area (Å²) in [5.41, 5.74) is 4.66. The molecule has 0 saturated heterocycles. The maximum atomic E-state index is 15.5. The van der Waals surface area contributed by atoms with Gasteiger partial charge in [0.05, 0.1) is 37.8 Å². The van der Waals surface area contributed by atoms with Crippen LogP contribution in [0.4, 0.5) is 13.2 Å². The third-order valence-corrected chi connectivity index (χ3v) is 9.29. The number of halogens is 4. The van der Waals surface area contributed by atoms with E-state index in [1.54, 1.807) is 12.1 Å². The molecule has 0 radical (unpaired) electrons. The fraction of sp³-hybridized carbons (Fsp3) is 0.400. The number of aromatic nitrogens is 2. The highest BCUT2D eigenvalue weighted by Crippen LogP contribution is 2.42. The number of likely N-dealkylation sites (N-methyl/N-ethyl adjacent to an activating group) is 1. The van der Waals surface area contributed by atoms with Crippen molar-refractivity contribution in [1.82, 2.24) is 14.5 Å². The van der Waals surface area contributed by atoms with Crippen molar-refractivity contribution in [1.29, 1.82) is 0 Å². The van der Waals surface area contributed by atoms with E-state index in [1.165, 1.54) is 36.0 Å². The summed E-state index contributed by atoms with van der Waals surface area (Å²) in [5.74, 6) is -1.79. The van der Waals surface area contributed by atoms with E-state index in [-0.39, 0.29) is 42.0 Å². The normalized spacial score (nSPS) is 14.6. The van der Waals surface area contributed by atoms with E-state index in [0.29, 0.717) is 30.0 Å². The van der Waals surface area contributed by atoms with Gasteiger partial charge < -0.3 is 19.1 Å². The number of aryl methyl sites for hydroxylation is 2. The molecule has 46 heavy (non-hydrogen) atoms. The first-order valence-corrected chi connectivity index (χ1v) is 16.8. The van der Waals surface area contributed by atoms with Gasteiger partial charge in [-0.1, -0.05) is 35.5 Å². The molecule has 11 heteroatoms. The van der Waals surface area contributed by atoms with Crippen LogP contribution in [0.25, 0.3) is 5.69 Å². The summed E-state index contributed by atoms with van der Waals surface area (Å²) in [7, 11) is 3.95. The quantitative estimate of drug-likeness (QED) is 0.0942. The maximum Gasteiger partial charge on any atom is 0.173 e. The van der Waals surface area contributed by atoms with Gasteiger partial charge in [0, 0.05) is 34.5 Å². The molecule has 0 fully saturated rings. The molecule has 1 aliphatic rings. The molecule has 0 spiro atoms. The summed E-state index contributed by atoms with van der Waals surface area (Å²) < 4.78 is 63.1. The lowest BCUT2D eigenvalue weighted by atomic mass is 9.83. The summed E-state index contributed by atoms with van der Waals surface area (Å²) in [6, 6.07) is 14.8. The lowest BCUT2D eigenvalue weighted by Crippen LogP contribution is -2.19. The highest BCUT2D eigenvalue weighted by atomic mass is 35.5. The van der Waals surface area contributed by atoms with Gasteiger partial charge in [-0.25, -0.2) is 18.2 Å². The van der Waals surface area contributed by atoms with Crippen LogP contribution in [0.1, 0.15) is 46.8 Å². The number of ether oxygens (including phenoxy) is 3. The van der Waals surface area contributed by atoms with Crippen LogP contribution in [-0.2, 0) is 21.6 Å². The Labute approximate surface area is 277 Å². The average Bonchev–Trinajstić information content (AvgIpc) is 3.41. The lowest BCUT2D eigenvalue weighted by Gasteiger charge is -2.25. The average molecular weight is 674 g/mol. The molecule has 0 amide bonds. The van der Waals surface area contributed by atoms with Crippen molar-refractivity contribution in [3.63, 3.8) is 0 Å². The standard InChI is InChI=1S/C35H39ClF3N3O3S/c1-23-21-24(7-12-29(23)36)27-5-4-6-31-34(27)42(26-10-8-25(37)9-11-26)35(40-31)46-22-28-30(38)13-14-32(33(28)39)45-20-19-44-18-17-43-16-15-41(2)3/h7-14,21,27H,4-6,15-20,22H2,1-3H3. The van der Waals surface area contributed by atoms with Crippen molar-refractivity contribution in [3.8, 4) is 11.4 Å². The highest BCUT2D eigenvalue weighted by Gasteiger charge is 2.30. The van der Waals surface area contributed by atoms with E-state index in [9.17, 15) is 8.78 Å². The van der Waals surface area contributed by atoms with Crippen molar-refractivity contribution in [3.05, 3.63) is 105 Å². The molecule has 4 aromatic rings. The Bertz CT molecular complexity index is 1620. The number of thioether (sulfide) groups is 1. The minimum Gasteiger partial charge on any atom is -0.488 e. The number of imidazole rings is 1. The Morgan fingerprint density at radius 2 is 1.70 bits per heavy atom. The van der Waals surface area contributed by atoms with Crippen molar-refractivity contribution < 1.29 is 27.4 Å². The largest absolute Gasteiger partial charge is 0.488 e. The maximum absolute atomic E-state index is 15.5. The Balaban J connectivity index is 1.32. The van der Waals surface area contributed by atoms with Crippen molar-refractivity contribution in [2.24, 2.45) is 0 Å². The molecule has 0 bridgehead atoms. The zero-order valence-corrected chi connectivity index (χ0v) is 27.9. The monoisotopic (exact) mass is 673 g/mol. The summed E-state index contributed by atoms with van der Waals surface area (Å²) in [6.45, 7) is 4.63. The van der Waals surface area contributed by atoms with E-state index < -0.39 is 11.6 Å². The summed E-state index contributed by atoms with van der Waals surface area (Å²) in [5, 5.41) is 1.28. The smallest absolute Gasteiger partial charge is 0.173 e. The molecule has 3 aromatic carbocycles. The molecule has 1 atom stereocenters. The topological polar surface area (TPSA) is 48.8 Å². The van der Waals surface area contributed by atoms with Gasteiger partial charge in [0.15, 0.2) is 16.7 Å². The van der Waals surface area contributed by atoms with E-state index in [4.69, 9.17) is 30.8 Å². The lowest BCUT2D eigenvalue weighted by molar-refractivity contribution is 0.0320. The molecule has 1 heterocycles. The number of nitrogens with zero attached hydrogens (tertiary/aromatic N) is 3. The zero-order valence-electron chi connectivity index (χ0n) is 26.3. The summed E-state index contributed by atoms with van der Waals surface area (Å²) in [6.07, 6.45) is 2.62. The van der Waals surface area contributed by atoms with E-state index in [0.717, 1.165) is 54.0 Å². The first-order valence-electron chi connectivity index (χ1n) is 15.4. The number of hydrogen-bond donors (Lipinski definition) is 0. The van der Waals surface area contributed by atoms with E-state index in [1.807, 2.05) is 42.6 Å². The van der Waals surface area contributed by atoms with Crippen LogP contribution >= 0.6 is 23.4 Å². The SMILES string of the molecule is Cc1cc(C2CCCc3nc(SCc4c(F)ccc(OCCOCCOCCN(C)C)c4F)n(-c4ccc(F)cc4)c32)ccc1Cl. The van der Waals surface area contributed by atoms with Gasteiger partial charge in [-0.05, 0) is 93.9 Å². The van der Waals surface area contributed by atoms with Crippen LogP contribution in [0.15, 0.2) is 59.8 Å². The van der Waals surface area contributed by atoms with Crippen LogP contribution in [0.5, 0.6) is 5.75 Å². The van der Waals surface area contributed by atoms with Crippen LogP contribution in [0, 0.1) is 24.4 Å². The third-order valence-electron chi connectivity index (χ3n) is 7.90. The number of fused-ring (bicyclic) bond motifs is 1. The van der Waals surface area contributed by atoms with Crippen LogP contribution in [-0.4, -0.2) is 68.1 Å². The minimum absolute atomic E-state index is 0.0164. The molecule has 1 aliphatic carbocycles. The van der Waals surface area contributed by atoms with Crippen LogP contribution < -0.4 is 4.74 Å². The third kappa shape index (κ3) is 8.46. The number of benzene rings is 3. The summed E-state index contributed by atoms with van der Waals surface area (Å²) >= 11 is 7.57. The molecule has 0 aliphatic heterocycles. The molecular weight excluding hydrogens is 635 g/mol. The number of rotatable bonds is 15. The molecular formula is C35H39ClF3N3O3S. The first-order chi connectivity index (χ1) is 22.2. The van der Waals surface area contributed by atoms with Gasteiger partial charge in [0.25, 0.3) is 0 Å². The second kappa shape index (κ2) is 16.2. The van der Waals surface area contributed by atoms with Gasteiger partial charge in [-0.2, -0.15) is 0 Å². The van der Waals surface area contributed by atoms with Crippen molar-refractivity contribution in [2.45, 2.75) is 43.0 Å². The van der Waals surface area contributed by atoms with Gasteiger partial charge in [-0.15, -0.1) is 0 Å².